The first-order valence-corrected chi connectivity index (χ1v) is 7.32. The van der Waals surface area contributed by atoms with Gasteiger partial charge in [-0.05, 0) is 38.7 Å². The Kier molecular flexibility index (Phi) is 5.01. The maximum atomic E-state index is 11.1. The first-order chi connectivity index (χ1) is 10.0. The second-order valence-electron chi connectivity index (χ2n) is 5.71. The number of aliphatic hydroxyl groups excluding tert-OH is 1. The Hall–Kier alpha value is -1.82. The van der Waals surface area contributed by atoms with Gasteiger partial charge in [-0.2, -0.15) is 0 Å². The molecule has 1 aliphatic rings. The molecule has 0 bridgehead atoms. The molecule has 1 saturated heterocycles. The summed E-state index contributed by atoms with van der Waals surface area (Å²) in [6.07, 6.45) is 1.92. The van der Waals surface area contributed by atoms with Crippen LogP contribution in [0.2, 0.25) is 0 Å². The van der Waals surface area contributed by atoms with Crippen molar-refractivity contribution >= 4 is 11.4 Å². The van der Waals surface area contributed by atoms with E-state index >= 15 is 0 Å². The molecule has 1 fully saturated rings. The van der Waals surface area contributed by atoms with Crippen molar-refractivity contribution in [3.05, 3.63) is 28.3 Å². The van der Waals surface area contributed by atoms with E-state index in [0.29, 0.717) is 5.75 Å². The molecule has 1 aliphatic heterocycles. The highest BCUT2D eigenvalue weighted by Crippen LogP contribution is 2.33. The zero-order valence-electron chi connectivity index (χ0n) is 12.5. The molecule has 0 aromatic heterocycles. The van der Waals surface area contributed by atoms with Crippen LogP contribution >= 0.6 is 0 Å². The van der Waals surface area contributed by atoms with Crippen LogP contribution in [0.3, 0.4) is 0 Å². The lowest BCUT2D eigenvalue weighted by molar-refractivity contribution is -0.386. The van der Waals surface area contributed by atoms with Gasteiger partial charge in [0.15, 0.2) is 5.75 Å². The van der Waals surface area contributed by atoms with Crippen LogP contribution in [0.25, 0.3) is 0 Å². The van der Waals surface area contributed by atoms with Crippen molar-refractivity contribution in [1.82, 2.24) is 0 Å². The number of piperidine rings is 1. The summed E-state index contributed by atoms with van der Waals surface area (Å²) in [4.78, 5) is 12.8. The maximum Gasteiger partial charge on any atom is 0.311 e. The average molecular weight is 294 g/mol. The molecular weight excluding hydrogens is 272 g/mol. The molecular formula is C15H22N2O4. The first-order valence-electron chi connectivity index (χ1n) is 7.32. The van der Waals surface area contributed by atoms with Gasteiger partial charge in [0.1, 0.15) is 0 Å². The Balaban J connectivity index is 2.26. The summed E-state index contributed by atoms with van der Waals surface area (Å²) in [7, 11) is 0. The van der Waals surface area contributed by atoms with Gasteiger partial charge in [-0.1, -0.05) is 0 Å². The number of hydrogen-bond acceptors (Lipinski definition) is 5. The molecule has 21 heavy (non-hydrogen) atoms. The SMILES string of the molecule is CC(C)Oc1cc(N2CCCC(CO)C2)ccc1[N+](=O)[O-]. The number of nitro groups is 1. The number of ether oxygens (including phenoxy) is 1. The predicted molar refractivity (Wildman–Crippen MR) is 80.9 cm³/mol. The van der Waals surface area contributed by atoms with Crippen molar-refractivity contribution in [3.63, 3.8) is 0 Å². The van der Waals surface area contributed by atoms with Gasteiger partial charge in [0.2, 0.25) is 0 Å². The molecule has 6 nitrogen and oxygen atoms in total. The van der Waals surface area contributed by atoms with E-state index in [1.807, 2.05) is 13.8 Å². The molecule has 0 radical (unpaired) electrons. The zero-order valence-corrected chi connectivity index (χ0v) is 12.5. The largest absolute Gasteiger partial charge is 0.484 e. The molecule has 1 aromatic carbocycles. The van der Waals surface area contributed by atoms with Crippen molar-refractivity contribution in [2.24, 2.45) is 5.92 Å². The molecule has 1 N–H and O–H groups in total. The Morgan fingerprint density at radius 2 is 2.29 bits per heavy atom. The third-order valence-corrected chi connectivity index (χ3v) is 3.65. The Bertz CT molecular complexity index is 504. The number of hydrogen-bond donors (Lipinski definition) is 1. The second-order valence-corrected chi connectivity index (χ2v) is 5.71. The lowest BCUT2D eigenvalue weighted by atomic mass is 9.98. The molecule has 1 aromatic rings. The van der Waals surface area contributed by atoms with Crippen molar-refractivity contribution in [3.8, 4) is 5.75 Å². The maximum absolute atomic E-state index is 11.1. The third kappa shape index (κ3) is 3.85. The second kappa shape index (κ2) is 6.76. The Morgan fingerprint density at radius 3 is 2.90 bits per heavy atom. The van der Waals surface area contributed by atoms with Crippen LogP contribution in [0, 0.1) is 16.0 Å². The van der Waals surface area contributed by atoms with Crippen molar-refractivity contribution < 1.29 is 14.8 Å². The number of nitrogens with zero attached hydrogens (tertiary/aromatic N) is 2. The van der Waals surface area contributed by atoms with Gasteiger partial charge in [-0.15, -0.1) is 0 Å². The van der Waals surface area contributed by atoms with Crippen LogP contribution in [0.4, 0.5) is 11.4 Å². The lowest BCUT2D eigenvalue weighted by Crippen LogP contribution is -2.36. The fourth-order valence-corrected chi connectivity index (χ4v) is 2.65. The smallest absolute Gasteiger partial charge is 0.311 e. The molecule has 2 rings (SSSR count). The van der Waals surface area contributed by atoms with Crippen LogP contribution < -0.4 is 9.64 Å². The summed E-state index contributed by atoms with van der Waals surface area (Å²) in [6.45, 7) is 5.54. The molecule has 1 unspecified atom stereocenters. The van der Waals surface area contributed by atoms with E-state index in [0.717, 1.165) is 31.6 Å². The van der Waals surface area contributed by atoms with Gasteiger partial charge in [0.05, 0.1) is 11.0 Å². The highest BCUT2D eigenvalue weighted by molar-refractivity contribution is 5.59. The minimum atomic E-state index is -0.422. The summed E-state index contributed by atoms with van der Waals surface area (Å²) < 4.78 is 5.57. The zero-order chi connectivity index (χ0) is 15.4. The molecule has 0 spiro atoms. The minimum Gasteiger partial charge on any atom is -0.484 e. The van der Waals surface area contributed by atoms with Gasteiger partial charge in [0, 0.05) is 37.5 Å². The topological polar surface area (TPSA) is 75.8 Å². The van der Waals surface area contributed by atoms with E-state index < -0.39 is 4.92 Å². The van der Waals surface area contributed by atoms with E-state index in [4.69, 9.17) is 4.74 Å². The Morgan fingerprint density at radius 1 is 1.52 bits per heavy atom. The fraction of sp³-hybridized carbons (Fsp3) is 0.600. The van der Waals surface area contributed by atoms with Gasteiger partial charge in [-0.3, -0.25) is 10.1 Å². The summed E-state index contributed by atoms with van der Waals surface area (Å²) >= 11 is 0. The molecule has 6 heteroatoms. The highest BCUT2D eigenvalue weighted by atomic mass is 16.6. The van der Waals surface area contributed by atoms with Crippen molar-refractivity contribution in [1.29, 1.82) is 0 Å². The van der Waals surface area contributed by atoms with Gasteiger partial charge < -0.3 is 14.7 Å². The summed E-state index contributed by atoms with van der Waals surface area (Å²) in [5, 5.41) is 20.4. The third-order valence-electron chi connectivity index (χ3n) is 3.65. The van der Waals surface area contributed by atoms with Crippen LogP contribution in [-0.4, -0.2) is 35.8 Å². The average Bonchev–Trinajstić information content (AvgIpc) is 2.46. The van der Waals surface area contributed by atoms with Gasteiger partial charge >= 0.3 is 5.69 Å². The molecule has 0 amide bonds. The lowest BCUT2D eigenvalue weighted by Gasteiger charge is -2.33. The number of benzene rings is 1. The van der Waals surface area contributed by atoms with E-state index in [1.165, 1.54) is 6.07 Å². The van der Waals surface area contributed by atoms with Crippen LogP contribution in [-0.2, 0) is 0 Å². The number of aliphatic hydroxyl groups is 1. The normalized spacial score (nSPS) is 18.9. The van der Waals surface area contributed by atoms with E-state index in [1.54, 1.807) is 12.1 Å². The van der Waals surface area contributed by atoms with E-state index in [2.05, 4.69) is 4.90 Å². The molecule has 1 atom stereocenters. The van der Waals surface area contributed by atoms with Gasteiger partial charge in [-0.25, -0.2) is 0 Å². The predicted octanol–water partition coefficient (Wildman–Crippen LogP) is 2.59. The fourth-order valence-electron chi connectivity index (χ4n) is 2.65. The summed E-state index contributed by atoms with van der Waals surface area (Å²) in [5.74, 6) is 0.571. The van der Waals surface area contributed by atoms with Gasteiger partial charge in [0.25, 0.3) is 0 Å². The molecule has 0 saturated carbocycles. The summed E-state index contributed by atoms with van der Waals surface area (Å²) in [5.41, 5.74) is 0.901. The number of rotatable bonds is 5. The monoisotopic (exact) mass is 294 g/mol. The highest BCUT2D eigenvalue weighted by Gasteiger charge is 2.23. The number of nitro benzene ring substituents is 1. The van der Waals surface area contributed by atoms with Crippen LogP contribution in [0.15, 0.2) is 18.2 Å². The molecule has 116 valence electrons. The van der Waals surface area contributed by atoms with E-state index in [9.17, 15) is 15.2 Å². The van der Waals surface area contributed by atoms with Crippen LogP contribution in [0.1, 0.15) is 26.7 Å². The minimum absolute atomic E-state index is 0.0110. The summed E-state index contributed by atoms with van der Waals surface area (Å²) in [6, 6.07) is 4.98. The molecule has 1 heterocycles. The Labute approximate surface area is 124 Å². The van der Waals surface area contributed by atoms with Crippen molar-refractivity contribution in [2.75, 3.05) is 24.6 Å². The first kappa shape index (κ1) is 15.6. The number of anilines is 1. The standard InChI is InChI=1S/C15H22N2O4/c1-11(2)21-15-8-13(5-6-14(15)17(19)20)16-7-3-4-12(9-16)10-18/h5-6,8,11-12,18H,3-4,7,9-10H2,1-2H3. The van der Waals surface area contributed by atoms with E-state index in [-0.39, 0.29) is 24.3 Å². The quantitative estimate of drug-likeness (QED) is 0.667. The molecule has 0 aliphatic carbocycles. The van der Waals surface area contributed by atoms with Crippen LogP contribution in [0.5, 0.6) is 5.75 Å². The van der Waals surface area contributed by atoms with Crippen molar-refractivity contribution in [2.45, 2.75) is 32.8 Å².